The molecule has 0 bridgehead atoms. The Morgan fingerprint density at radius 2 is 2.33 bits per heavy atom. The van der Waals surface area contributed by atoms with Crippen LogP contribution >= 0.6 is 0 Å². The summed E-state index contributed by atoms with van der Waals surface area (Å²) in [7, 11) is 0. The maximum Gasteiger partial charge on any atom is -0.00515 e. The first-order chi connectivity index (χ1) is 2.81. The second-order valence-corrected chi connectivity index (χ2v) is 1.63. The van der Waals surface area contributed by atoms with Gasteiger partial charge in [-0.2, -0.15) is 0 Å². The third-order valence-corrected chi connectivity index (χ3v) is 0.895. The molecule has 6 heavy (non-hydrogen) atoms. The van der Waals surface area contributed by atoms with E-state index in [0.717, 1.165) is 13.0 Å². The first-order valence-corrected chi connectivity index (χ1v) is 2.30. The Balaban J connectivity index is 2.75. The predicted octanol–water partition coefficient (Wildman–Crippen LogP) is 0.805. The Kier molecular flexibility index (Phi) is 3.14. The Morgan fingerprint density at radius 1 is 1.83 bits per heavy atom. The van der Waals surface area contributed by atoms with Crippen molar-refractivity contribution in [3.05, 3.63) is 6.92 Å². The summed E-state index contributed by atoms with van der Waals surface area (Å²) in [4.78, 5) is 0. The van der Waals surface area contributed by atoms with Crippen LogP contribution < -0.4 is 5.73 Å². The standard InChI is InChI=1S/C5H12N/c1-3-5(2)4-6/h5H,1,3-4,6H2,2H3. The molecule has 0 aliphatic rings. The lowest BCUT2D eigenvalue weighted by Crippen LogP contribution is -2.08. The van der Waals surface area contributed by atoms with Gasteiger partial charge < -0.3 is 5.73 Å². The van der Waals surface area contributed by atoms with E-state index in [2.05, 4.69) is 13.8 Å². The lowest BCUT2D eigenvalue weighted by molar-refractivity contribution is 0.604. The molecule has 1 heteroatoms. The monoisotopic (exact) mass is 86.1 g/mol. The highest BCUT2D eigenvalue weighted by atomic mass is 14.5. The van der Waals surface area contributed by atoms with Crippen molar-refractivity contribution in [2.24, 2.45) is 11.7 Å². The van der Waals surface area contributed by atoms with Crippen molar-refractivity contribution in [2.45, 2.75) is 13.3 Å². The average molecular weight is 86.2 g/mol. The summed E-state index contributed by atoms with van der Waals surface area (Å²) in [5.74, 6) is 0.602. The molecule has 0 saturated heterocycles. The molecule has 0 aromatic heterocycles. The summed E-state index contributed by atoms with van der Waals surface area (Å²) in [5, 5.41) is 0. The average Bonchev–Trinajstić information content (AvgIpc) is 1.65. The Morgan fingerprint density at radius 3 is 2.33 bits per heavy atom. The normalized spacial score (nSPS) is 14.5. The van der Waals surface area contributed by atoms with Crippen LogP contribution in [0, 0.1) is 12.8 Å². The van der Waals surface area contributed by atoms with Gasteiger partial charge in [-0.1, -0.05) is 13.8 Å². The summed E-state index contributed by atoms with van der Waals surface area (Å²) >= 11 is 0. The van der Waals surface area contributed by atoms with Crippen LogP contribution in [-0.4, -0.2) is 6.54 Å². The molecule has 0 fully saturated rings. The second kappa shape index (κ2) is 3.16. The number of hydrogen-bond donors (Lipinski definition) is 1. The highest BCUT2D eigenvalue weighted by molar-refractivity contribution is 4.51. The zero-order valence-corrected chi connectivity index (χ0v) is 4.28. The number of rotatable bonds is 2. The van der Waals surface area contributed by atoms with Gasteiger partial charge >= 0.3 is 0 Å². The second-order valence-electron chi connectivity index (χ2n) is 1.63. The van der Waals surface area contributed by atoms with Crippen LogP contribution in [0.1, 0.15) is 13.3 Å². The fourth-order valence-electron chi connectivity index (χ4n) is 0.118. The molecule has 0 aromatic rings. The minimum absolute atomic E-state index is 0.602. The molecule has 0 aliphatic carbocycles. The van der Waals surface area contributed by atoms with Crippen molar-refractivity contribution in [3.63, 3.8) is 0 Å². The maximum absolute atomic E-state index is 5.24. The zero-order valence-electron chi connectivity index (χ0n) is 4.28. The highest BCUT2D eigenvalue weighted by Gasteiger charge is 1.89. The lowest BCUT2D eigenvalue weighted by atomic mass is 10.1. The molecule has 0 rings (SSSR count). The molecule has 1 radical (unpaired) electrons. The molecule has 0 heterocycles. The smallest absolute Gasteiger partial charge is 0.00515 e. The van der Waals surface area contributed by atoms with Crippen LogP contribution in [0.25, 0.3) is 0 Å². The quantitative estimate of drug-likeness (QED) is 0.528. The Labute approximate surface area is 39.5 Å². The van der Waals surface area contributed by atoms with Gasteiger partial charge in [-0.25, -0.2) is 0 Å². The van der Waals surface area contributed by atoms with Crippen LogP contribution in [0.5, 0.6) is 0 Å². The van der Waals surface area contributed by atoms with E-state index in [4.69, 9.17) is 5.73 Å². The van der Waals surface area contributed by atoms with Gasteiger partial charge in [0.1, 0.15) is 0 Å². The van der Waals surface area contributed by atoms with Gasteiger partial charge in [-0.05, 0) is 18.9 Å². The molecule has 0 spiro atoms. The SMILES string of the molecule is [CH2]CC(C)CN. The van der Waals surface area contributed by atoms with Gasteiger partial charge in [0.2, 0.25) is 0 Å². The van der Waals surface area contributed by atoms with E-state index in [1.54, 1.807) is 0 Å². The van der Waals surface area contributed by atoms with E-state index >= 15 is 0 Å². The predicted molar refractivity (Wildman–Crippen MR) is 28.2 cm³/mol. The molecule has 0 amide bonds. The van der Waals surface area contributed by atoms with Crippen molar-refractivity contribution < 1.29 is 0 Å². The molecule has 37 valence electrons. The van der Waals surface area contributed by atoms with Crippen molar-refractivity contribution in [2.75, 3.05) is 6.54 Å². The van der Waals surface area contributed by atoms with E-state index in [1.165, 1.54) is 0 Å². The fourth-order valence-corrected chi connectivity index (χ4v) is 0.118. The zero-order chi connectivity index (χ0) is 4.99. The summed E-state index contributed by atoms with van der Waals surface area (Å²) in [6.45, 7) is 6.53. The molecule has 1 unspecified atom stereocenters. The first-order valence-electron chi connectivity index (χ1n) is 2.30. The van der Waals surface area contributed by atoms with Crippen LogP contribution in [0.4, 0.5) is 0 Å². The van der Waals surface area contributed by atoms with Crippen LogP contribution in [0.2, 0.25) is 0 Å². The molecule has 1 nitrogen and oxygen atoms in total. The Bertz CT molecular complexity index is 23.1. The van der Waals surface area contributed by atoms with Gasteiger partial charge in [0.25, 0.3) is 0 Å². The molecule has 1 atom stereocenters. The maximum atomic E-state index is 5.24. The summed E-state index contributed by atoms with van der Waals surface area (Å²) < 4.78 is 0. The van der Waals surface area contributed by atoms with Crippen LogP contribution in [-0.2, 0) is 0 Å². The molecule has 0 saturated carbocycles. The van der Waals surface area contributed by atoms with Crippen molar-refractivity contribution in [1.82, 2.24) is 0 Å². The highest BCUT2D eigenvalue weighted by Crippen LogP contribution is 1.93. The summed E-state index contributed by atoms with van der Waals surface area (Å²) in [6, 6.07) is 0. The fraction of sp³-hybridized carbons (Fsp3) is 0.800. The molecule has 2 N–H and O–H groups in total. The lowest BCUT2D eigenvalue weighted by Gasteiger charge is -1.98. The van der Waals surface area contributed by atoms with E-state index in [0.29, 0.717) is 5.92 Å². The van der Waals surface area contributed by atoms with E-state index in [9.17, 15) is 0 Å². The third-order valence-electron chi connectivity index (χ3n) is 0.895. The molecule has 0 aliphatic heterocycles. The molecular formula is C5H12N. The summed E-state index contributed by atoms with van der Waals surface area (Å²) in [5.41, 5.74) is 5.24. The van der Waals surface area contributed by atoms with Crippen LogP contribution in [0.3, 0.4) is 0 Å². The van der Waals surface area contributed by atoms with Gasteiger partial charge in [0, 0.05) is 0 Å². The molecular weight excluding hydrogens is 74.1 g/mol. The Hall–Kier alpha value is -0.0400. The van der Waals surface area contributed by atoms with E-state index in [1.807, 2.05) is 0 Å². The van der Waals surface area contributed by atoms with Gasteiger partial charge in [0.15, 0.2) is 0 Å². The van der Waals surface area contributed by atoms with Gasteiger partial charge in [0.05, 0.1) is 0 Å². The minimum atomic E-state index is 0.602. The summed E-state index contributed by atoms with van der Waals surface area (Å²) in [6.07, 6.45) is 0.955. The minimum Gasteiger partial charge on any atom is -0.330 e. The van der Waals surface area contributed by atoms with E-state index < -0.39 is 0 Å². The topological polar surface area (TPSA) is 26.0 Å². The van der Waals surface area contributed by atoms with Crippen molar-refractivity contribution in [1.29, 1.82) is 0 Å². The third kappa shape index (κ3) is 2.21. The van der Waals surface area contributed by atoms with Gasteiger partial charge in [-0.15, -0.1) is 0 Å². The van der Waals surface area contributed by atoms with Crippen LogP contribution in [0.15, 0.2) is 0 Å². The number of hydrogen-bond acceptors (Lipinski definition) is 1. The van der Waals surface area contributed by atoms with Crippen molar-refractivity contribution >= 4 is 0 Å². The molecule has 0 aromatic carbocycles. The van der Waals surface area contributed by atoms with Crippen molar-refractivity contribution in [3.8, 4) is 0 Å². The van der Waals surface area contributed by atoms with E-state index in [-0.39, 0.29) is 0 Å². The van der Waals surface area contributed by atoms with Gasteiger partial charge in [-0.3, -0.25) is 0 Å². The number of nitrogens with two attached hydrogens (primary N) is 1. The first kappa shape index (κ1) is 5.96. The largest absolute Gasteiger partial charge is 0.330 e.